The Morgan fingerprint density at radius 2 is 2.00 bits per heavy atom. The minimum atomic E-state index is -0.452. The van der Waals surface area contributed by atoms with Crippen LogP contribution in [0.1, 0.15) is 27.8 Å². The summed E-state index contributed by atoms with van der Waals surface area (Å²) >= 11 is 12.0. The summed E-state index contributed by atoms with van der Waals surface area (Å²) in [6.07, 6.45) is 3.52. The first kappa shape index (κ1) is 18.3. The molecule has 1 amide bonds. The minimum absolute atomic E-state index is 0.278. The van der Waals surface area contributed by atoms with Gasteiger partial charge in [0.1, 0.15) is 17.6 Å². The number of carbonyl (C=O) groups excluding carboxylic acids is 1. The second kappa shape index (κ2) is 7.81. The van der Waals surface area contributed by atoms with E-state index in [-0.39, 0.29) is 5.91 Å². The van der Waals surface area contributed by atoms with Crippen molar-refractivity contribution in [3.8, 4) is 5.75 Å². The van der Waals surface area contributed by atoms with Gasteiger partial charge in [0.05, 0.1) is 17.2 Å². The summed E-state index contributed by atoms with van der Waals surface area (Å²) < 4.78 is 7.16. The third-order valence-corrected chi connectivity index (χ3v) is 4.74. The Labute approximate surface area is 161 Å². The van der Waals surface area contributed by atoms with E-state index in [1.807, 2.05) is 42.1 Å². The fourth-order valence-electron chi connectivity index (χ4n) is 2.63. The lowest BCUT2D eigenvalue weighted by Crippen LogP contribution is -2.31. The maximum absolute atomic E-state index is 12.8. The van der Waals surface area contributed by atoms with Gasteiger partial charge >= 0.3 is 0 Å². The molecule has 26 heavy (non-hydrogen) atoms. The van der Waals surface area contributed by atoms with Crippen molar-refractivity contribution in [1.29, 1.82) is 0 Å². The Balaban J connectivity index is 1.97. The zero-order valence-electron chi connectivity index (χ0n) is 14.2. The van der Waals surface area contributed by atoms with E-state index in [9.17, 15) is 4.79 Å². The normalized spacial score (nSPS) is 11.8. The van der Waals surface area contributed by atoms with Crippen LogP contribution < -0.4 is 10.1 Å². The molecule has 1 aromatic heterocycles. The number of halogens is 2. The molecule has 0 fully saturated rings. The fraction of sp³-hybridized carbons (Fsp3) is 0.158. The van der Waals surface area contributed by atoms with Crippen LogP contribution in [0, 0.1) is 0 Å². The van der Waals surface area contributed by atoms with Crippen LogP contribution in [0.25, 0.3) is 0 Å². The SMILES string of the molecule is COc1cccc([C@H](NC(=O)c2ccc(Cl)c(Cl)c2)c2nccn2C)c1. The van der Waals surface area contributed by atoms with Crippen molar-refractivity contribution < 1.29 is 9.53 Å². The van der Waals surface area contributed by atoms with Gasteiger partial charge < -0.3 is 14.6 Å². The van der Waals surface area contributed by atoms with Gasteiger partial charge in [0, 0.05) is 25.0 Å². The monoisotopic (exact) mass is 389 g/mol. The molecule has 0 radical (unpaired) electrons. The highest BCUT2D eigenvalue weighted by Gasteiger charge is 2.22. The molecule has 1 N–H and O–H groups in total. The molecular weight excluding hydrogens is 373 g/mol. The number of methoxy groups -OCH3 is 1. The van der Waals surface area contributed by atoms with Crippen molar-refractivity contribution in [2.75, 3.05) is 7.11 Å². The highest BCUT2D eigenvalue weighted by Crippen LogP contribution is 2.26. The second-order valence-corrected chi connectivity index (χ2v) is 6.52. The molecule has 0 saturated carbocycles. The summed E-state index contributed by atoms with van der Waals surface area (Å²) in [5.74, 6) is 1.12. The average Bonchev–Trinajstić information content (AvgIpc) is 3.07. The minimum Gasteiger partial charge on any atom is -0.497 e. The molecule has 0 aliphatic heterocycles. The van der Waals surface area contributed by atoms with Crippen molar-refractivity contribution in [2.24, 2.45) is 7.05 Å². The number of rotatable bonds is 5. The number of nitrogens with one attached hydrogen (secondary N) is 1. The van der Waals surface area contributed by atoms with Gasteiger partial charge in [0.15, 0.2) is 0 Å². The summed E-state index contributed by atoms with van der Waals surface area (Å²) in [7, 11) is 3.48. The number of benzene rings is 2. The zero-order chi connectivity index (χ0) is 18.7. The number of hydrogen-bond donors (Lipinski definition) is 1. The zero-order valence-corrected chi connectivity index (χ0v) is 15.8. The molecule has 1 heterocycles. The first-order valence-electron chi connectivity index (χ1n) is 7.86. The molecule has 0 spiro atoms. The number of aromatic nitrogens is 2. The smallest absolute Gasteiger partial charge is 0.252 e. The molecule has 0 bridgehead atoms. The van der Waals surface area contributed by atoms with Crippen molar-refractivity contribution in [3.63, 3.8) is 0 Å². The standard InChI is InChI=1S/C19H17Cl2N3O2/c1-24-9-8-22-18(24)17(12-4-3-5-14(10-12)26-2)23-19(25)13-6-7-15(20)16(21)11-13/h3-11,17H,1-2H3,(H,23,25)/t17-/m0/s1. The quantitative estimate of drug-likeness (QED) is 0.709. The highest BCUT2D eigenvalue weighted by atomic mass is 35.5. The summed E-state index contributed by atoms with van der Waals surface area (Å²) in [6.45, 7) is 0. The van der Waals surface area contributed by atoms with Gasteiger partial charge in [0.2, 0.25) is 0 Å². The Morgan fingerprint density at radius 1 is 1.19 bits per heavy atom. The summed E-state index contributed by atoms with van der Waals surface area (Å²) in [6, 6.07) is 11.8. The van der Waals surface area contributed by atoms with E-state index >= 15 is 0 Å². The van der Waals surface area contributed by atoms with E-state index in [0.29, 0.717) is 27.2 Å². The van der Waals surface area contributed by atoms with E-state index in [1.54, 1.807) is 31.5 Å². The van der Waals surface area contributed by atoms with Crippen molar-refractivity contribution in [1.82, 2.24) is 14.9 Å². The van der Waals surface area contributed by atoms with Gasteiger partial charge in [-0.15, -0.1) is 0 Å². The van der Waals surface area contributed by atoms with E-state index < -0.39 is 6.04 Å². The van der Waals surface area contributed by atoms with Gasteiger partial charge in [-0.3, -0.25) is 4.79 Å². The van der Waals surface area contributed by atoms with Crippen LogP contribution in [0.5, 0.6) is 5.75 Å². The Hall–Kier alpha value is -2.50. The molecular formula is C19H17Cl2N3O2. The molecule has 7 heteroatoms. The van der Waals surface area contributed by atoms with Crippen LogP contribution in [0.3, 0.4) is 0 Å². The number of imidazole rings is 1. The average molecular weight is 390 g/mol. The van der Waals surface area contributed by atoms with Crippen molar-refractivity contribution >= 4 is 29.1 Å². The lowest BCUT2D eigenvalue weighted by atomic mass is 10.0. The predicted molar refractivity (Wildman–Crippen MR) is 102 cm³/mol. The number of hydrogen-bond acceptors (Lipinski definition) is 3. The maximum atomic E-state index is 12.8. The fourth-order valence-corrected chi connectivity index (χ4v) is 2.92. The molecule has 2 aromatic carbocycles. The van der Waals surface area contributed by atoms with Crippen LogP contribution >= 0.6 is 23.2 Å². The number of carbonyl (C=O) groups is 1. The third-order valence-electron chi connectivity index (χ3n) is 4.00. The van der Waals surface area contributed by atoms with Gasteiger partial charge in [-0.05, 0) is 35.9 Å². The van der Waals surface area contributed by atoms with E-state index in [1.165, 1.54) is 0 Å². The van der Waals surface area contributed by atoms with Crippen LogP contribution in [0.4, 0.5) is 0 Å². The number of amides is 1. The molecule has 3 rings (SSSR count). The Bertz CT molecular complexity index is 940. The largest absolute Gasteiger partial charge is 0.497 e. The second-order valence-electron chi connectivity index (χ2n) is 5.71. The van der Waals surface area contributed by atoms with Crippen LogP contribution in [-0.4, -0.2) is 22.6 Å². The van der Waals surface area contributed by atoms with Gasteiger partial charge in [0.25, 0.3) is 5.91 Å². The third kappa shape index (κ3) is 3.84. The van der Waals surface area contributed by atoms with Crippen LogP contribution in [0.15, 0.2) is 54.9 Å². The lowest BCUT2D eigenvalue weighted by molar-refractivity contribution is 0.0941. The molecule has 134 valence electrons. The predicted octanol–water partition coefficient (Wildman–Crippen LogP) is 4.25. The first-order chi connectivity index (χ1) is 12.5. The van der Waals surface area contributed by atoms with Crippen LogP contribution in [0.2, 0.25) is 10.0 Å². The van der Waals surface area contributed by atoms with E-state index in [2.05, 4.69) is 10.3 Å². The van der Waals surface area contributed by atoms with Gasteiger partial charge in [-0.1, -0.05) is 35.3 Å². The maximum Gasteiger partial charge on any atom is 0.252 e. The van der Waals surface area contributed by atoms with Gasteiger partial charge in [-0.25, -0.2) is 4.98 Å². The molecule has 5 nitrogen and oxygen atoms in total. The highest BCUT2D eigenvalue weighted by molar-refractivity contribution is 6.42. The molecule has 0 saturated heterocycles. The summed E-state index contributed by atoms with van der Waals surface area (Å²) in [4.78, 5) is 17.2. The number of ether oxygens (including phenoxy) is 1. The summed E-state index contributed by atoms with van der Waals surface area (Å²) in [5.41, 5.74) is 1.27. The number of nitrogens with zero attached hydrogens (tertiary/aromatic N) is 2. The molecule has 0 aliphatic carbocycles. The van der Waals surface area contributed by atoms with Crippen molar-refractivity contribution in [3.05, 3.63) is 81.9 Å². The molecule has 0 aliphatic rings. The lowest BCUT2D eigenvalue weighted by Gasteiger charge is -2.20. The first-order valence-corrected chi connectivity index (χ1v) is 8.62. The van der Waals surface area contributed by atoms with Gasteiger partial charge in [-0.2, -0.15) is 0 Å². The Kier molecular flexibility index (Phi) is 5.49. The Morgan fingerprint density at radius 3 is 2.65 bits per heavy atom. The van der Waals surface area contributed by atoms with Crippen LogP contribution in [-0.2, 0) is 7.05 Å². The van der Waals surface area contributed by atoms with E-state index in [0.717, 1.165) is 5.56 Å². The number of aryl methyl sites for hydroxylation is 1. The molecule has 3 aromatic rings. The molecule has 1 atom stereocenters. The topological polar surface area (TPSA) is 56.1 Å². The summed E-state index contributed by atoms with van der Waals surface area (Å²) in [5, 5.41) is 3.74. The van der Waals surface area contributed by atoms with E-state index in [4.69, 9.17) is 27.9 Å². The molecule has 0 unspecified atom stereocenters. The van der Waals surface area contributed by atoms with Crippen molar-refractivity contribution in [2.45, 2.75) is 6.04 Å².